The Morgan fingerprint density at radius 2 is 1.42 bits per heavy atom. The molecule has 1 aromatic rings. The highest BCUT2D eigenvalue weighted by atomic mass is 16.1. The molecule has 24 heavy (non-hydrogen) atoms. The normalized spacial score (nSPS) is 23.7. The van der Waals surface area contributed by atoms with E-state index < -0.39 is 0 Å². The first kappa shape index (κ1) is 16.6. The molecule has 1 aromatic carbocycles. The van der Waals surface area contributed by atoms with Crippen molar-refractivity contribution in [2.24, 2.45) is 11.8 Å². The van der Waals surface area contributed by atoms with Gasteiger partial charge in [-0.15, -0.1) is 0 Å². The van der Waals surface area contributed by atoms with Crippen LogP contribution in [0.5, 0.6) is 0 Å². The van der Waals surface area contributed by atoms with E-state index in [0.717, 1.165) is 5.56 Å². The fourth-order valence-corrected chi connectivity index (χ4v) is 3.44. The molecule has 3 rings (SSSR count). The zero-order chi connectivity index (χ0) is 17.5. The molecule has 2 atom stereocenters. The van der Waals surface area contributed by atoms with Gasteiger partial charge in [0.2, 0.25) is 0 Å². The smallest absolute Gasteiger partial charge is 0.167 e. The van der Waals surface area contributed by atoms with Crippen LogP contribution >= 0.6 is 0 Å². The van der Waals surface area contributed by atoms with Crippen molar-refractivity contribution >= 4 is 11.6 Å². The van der Waals surface area contributed by atoms with Crippen molar-refractivity contribution in [3.8, 4) is 0 Å². The van der Waals surface area contributed by atoms with Gasteiger partial charge < -0.3 is 0 Å². The Bertz CT molecular complexity index is 767. The first-order chi connectivity index (χ1) is 11.3. The summed E-state index contributed by atoms with van der Waals surface area (Å²) in [6.07, 6.45) is 7.96. The van der Waals surface area contributed by atoms with Gasteiger partial charge in [0.25, 0.3) is 0 Å². The van der Waals surface area contributed by atoms with Crippen molar-refractivity contribution in [3.63, 3.8) is 0 Å². The lowest BCUT2D eigenvalue weighted by Gasteiger charge is -2.29. The van der Waals surface area contributed by atoms with Crippen LogP contribution in [0.3, 0.4) is 0 Å². The Morgan fingerprint density at radius 1 is 0.875 bits per heavy atom. The van der Waals surface area contributed by atoms with Gasteiger partial charge in [0, 0.05) is 12.0 Å². The Kier molecular flexibility index (Phi) is 4.16. The lowest BCUT2D eigenvalue weighted by Crippen LogP contribution is -2.36. The van der Waals surface area contributed by atoms with Crippen molar-refractivity contribution < 1.29 is 9.59 Å². The lowest BCUT2D eigenvalue weighted by molar-refractivity contribution is -0.127. The van der Waals surface area contributed by atoms with Crippen molar-refractivity contribution in [2.45, 2.75) is 39.5 Å². The number of hydrogen-bond acceptors (Lipinski definition) is 2. The molecule has 0 aromatic heterocycles. The van der Waals surface area contributed by atoms with E-state index in [-0.39, 0.29) is 28.8 Å². The number of rotatable bonds is 2. The largest absolute Gasteiger partial charge is 0.294 e. The van der Waals surface area contributed by atoms with Gasteiger partial charge in [0.15, 0.2) is 11.6 Å². The highest BCUT2D eigenvalue weighted by molar-refractivity contribution is 6.15. The number of fused-ring (bicyclic) bond motifs is 1. The minimum atomic E-state index is -0.324. The van der Waals surface area contributed by atoms with Crippen LogP contribution in [-0.2, 0) is 21.4 Å². The monoisotopic (exact) mass is 320 g/mol. The summed E-state index contributed by atoms with van der Waals surface area (Å²) < 4.78 is 0. The van der Waals surface area contributed by atoms with Gasteiger partial charge in [0.1, 0.15) is 0 Å². The quantitative estimate of drug-likeness (QED) is 0.811. The van der Waals surface area contributed by atoms with Gasteiger partial charge in [-0.1, -0.05) is 69.3 Å². The van der Waals surface area contributed by atoms with Gasteiger partial charge in [-0.05, 0) is 29.0 Å². The third-order valence-electron chi connectivity index (χ3n) is 5.06. The second-order valence-electron chi connectivity index (χ2n) is 7.78. The van der Waals surface area contributed by atoms with E-state index in [1.54, 1.807) is 6.92 Å². The molecule has 0 amide bonds. The van der Waals surface area contributed by atoms with E-state index in [9.17, 15) is 9.59 Å². The summed E-state index contributed by atoms with van der Waals surface area (Å²) in [5.41, 5.74) is 3.75. The number of hydrogen-bond donors (Lipinski definition) is 0. The molecule has 2 nitrogen and oxygen atoms in total. The molecule has 124 valence electrons. The molecular weight excluding hydrogens is 296 g/mol. The molecule has 0 N–H and O–H groups in total. The predicted octanol–water partition coefficient (Wildman–Crippen LogP) is 4.35. The molecule has 0 bridgehead atoms. The number of ketones is 2. The zero-order valence-corrected chi connectivity index (χ0v) is 14.8. The van der Waals surface area contributed by atoms with Crippen LogP contribution in [0, 0.1) is 11.8 Å². The standard InChI is InChI=1S/C22H24O2/c1-14-19(13-15-9-11-16(12-10-15)22(2,3)4)21(24)18-8-6-5-7-17(18)20(14)23/h5-12,17-18H,13H2,1-4H3. The fraction of sp³-hybridized carbons (Fsp3) is 0.364. The van der Waals surface area contributed by atoms with Gasteiger partial charge in [-0.2, -0.15) is 0 Å². The Morgan fingerprint density at radius 3 is 1.96 bits per heavy atom. The van der Waals surface area contributed by atoms with Crippen molar-refractivity contribution in [3.05, 3.63) is 70.8 Å². The molecule has 2 unspecified atom stereocenters. The van der Waals surface area contributed by atoms with Crippen LogP contribution in [0.25, 0.3) is 0 Å². The molecule has 0 fully saturated rings. The van der Waals surface area contributed by atoms with E-state index in [1.807, 2.05) is 24.3 Å². The third-order valence-corrected chi connectivity index (χ3v) is 5.06. The van der Waals surface area contributed by atoms with Crippen molar-refractivity contribution in [2.75, 3.05) is 0 Å². The summed E-state index contributed by atoms with van der Waals surface area (Å²) in [7, 11) is 0. The first-order valence-corrected chi connectivity index (χ1v) is 8.51. The SMILES string of the molecule is CC1=C(Cc2ccc(C(C)(C)C)cc2)C(=O)C2C=CC=CC2C1=O. The minimum absolute atomic E-state index is 0.0847. The highest BCUT2D eigenvalue weighted by Crippen LogP contribution is 2.34. The third kappa shape index (κ3) is 2.93. The lowest BCUT2D eigenvalue weighted by atomic mass is 9.71. The molecule has 2 aliphatic carbocycles. The summed E-state index contributed by atoms with van der Waals surface area (Å²) in [5.74, 6) is -0.455. The molecule has 0 aliphatic heterocycles. The molecule has 2 aliphatic rings. The average Bonchev–Trinajstić information content (AvgIpc) is 2.56. The van der Waals surface area contributed by atoms with Gasteiger partial charge in [0.05, 0.1) is 11.8 Å². The highest BCUT2D eigenvalue weighted by Gasteiger charge is 2.39. The van der Waals surface area contributed by atoms with Crippen LogP contribution in [0.2, 0.25) is 0 Å². The maximum atomic E-state index is 12.9. The Hall–Kier alpha value is -2.22. The summed E-state index contributed by atoms with van der Waals surface area (Å²) in [6, 6.07) is 8.38. The molecule has 0 radical (unpaired) electrons. The predicted molar refractivity (Wildman–Crippen MR) is 96.8 cm³/mol. The number of Topliss-reactive ketones (excluding diaryl/α,β-unsaturated/α-hetero) is 2. The maximum absolute atomic E-state index is 12.9. The average molecular weight is 320 g/mol. The minimum Gasteiger partial charge on any atom is -0.294 e. The van der Waals surface area contributed by atoms with Crippen LogP contribution in [0.15, 0.2) is 59.7 Å². The van der Waals surface area contributed by atoms with E-state index in [4.69, 9.17) is 0 Å². The molecular formula is C22H24O2. The van der Waals surface area contributed by atoms with Crippen LogP contribution in [0.1, 0.15) is 38.8 Å². The van der Waals surface area contributed by atoms with Gasteiger partial charge in [-0.3, -0.25) is 9.59 Å². The van der Waals surface area contributed by atoms with Crippen LogP contribution in [-0.4, -0.2) is 11.6 Å². The molecule has 2 heteroatoms. The molecule has 0 saturated heterocycles. The summed E-state index contributed by atoms with van der Waals surface area (Å²) in [6.45, 7) is 8.34. The molecule has 0 heterocycles. The van der Waals surface area contributed by atoms with E-state index in [0.29, 0.717) is 17.6 Å². The number of allylic oxidation sites excluding steroid dienone is 6. The second-order valence-corrected chi connectivity index (χ2v) is 7.78. The van der Waals surface area contributed by atoms with Gasteiger partial charge >= 0.3 is 0 Å². The summed E-state index contributed by atoms with van der Waals surface area (Å²) in [5, 5.41) is 0. The topological polar surface area (TPSA) is 34.1 Å². The van der Waals surface area contributed by atoms with Crippen molar-refractivity contribution in [1.29, 1.82) is 0 Å². The number of benzene rings is 1. The van der Waals surface area contributed by atoms with Crippen LogP contribution in [0.4, 0.5) is 0 Å². The van der Waals surface area contributed by atoms with Gasteiger partial charge in [-0.25, -0.2) is 0 Å². The summed E-state index contributed by atoms with van der Waals surface area (Å²) >= 11 is 0. The second kappa shape index (κ2) is 6.01. The summed E-state index contributed by atoms with van der Waals surface area (Å²) in [4.78, 5) is 25.4. The van der Waals surface area contributed by atoms with Crippen LogP contribution < -0.4 is 0 Å². The van der Waals surface area contributed by atoms with E-state index in [2.05, 4.69) is 45.0 Å². The Balaban J connectivity index is 1.90. The van der Waals surface area contributed by atoms with E-state index in [1.165, 1.54) is 5.56 Å². The molecule has 0 saturated carbocycles. The molecule has 0 spiro atoms. The number of carbonyl (C=O) groups is 2. The number of carbonyl (C=O) groups excluding carboxylic acids is 2. The fourth-order valence-electron chi connectivity index (χ4n) is 3.44. The maximum Gasteiger partial charge on any atom is 0.167 e. The van der Waals surface area contributed by atoms with E-state index >= 15 is 0 Å². The first-order valence-electron chi connectivity index (χ1n) is 8.51. The Labute approximate surface area is 144 Å². The zero-order valence-electron chi connectivity index (χ0n) is 14.8. The van der Waals surface area contributed by atoms with Crippen molar-refractivity contribution in [1.82, 2.24) is 0 Å².